The Morgan fingerprint density at radius 3 is 2.78 bits per heavy atom. The number of oxazole rings is 1. The first-order chi connectivity index (χ1) is 11.1. The molecular formula is C15H10Cl2N4OS. The summed E-state index contributed by atoms with van der Waals surface area (Å²) in [4.78, 5) is 13.3. The van der Waals surface area contributed by atoms with Crippen LogP contribution in [0.15, 0.2) is 51.6 Å². The summed E-state index contributed by atoms with van der Waals surface area (Å²) in [6.07, 6.45) is 4.57. The second-order valence-corrected chi connectivity index (χ2v) is 6.12. The van der Waals surface area contributed by atoms with Gasteiger partial charge in [-0.3, -0.25) is 0 Å². The predicted molar refractivity (Wildman–Crippen MR) is 92.6 cm³/mol. The molecule has 0 fully saturated rings. The Labute approximate surface area is 146 Å². The molecule has 2 aromatic heterocycles. The van der Waals surface area contributed by atoms with E-state index in [0.29, 0.717) is 27.2 Å². The van der Waals surface area contributed by atoms with Crippen molar-refractivity contribution in [2.45, 2.75) is 9.92 Å². The van der Waals surface area contributed by atoms with Crippen LogP contribution in [0.1, 0.15) is 5.69 Å². The van der Waals surface area contributed by atoms with Crippen LogP contribution in [0.2, 0.25) is 10.2 Å². The Morgan fingerprint density at radius 2 is 2.09 bits per heavy atom. The molecule has 0 atom stereocenters. The molecule has 0 saturated heterocycles. The van der Waals surface area contributed by atoms with Crippen LogP contribution in [0.3, 0.4) is 0 Å². The maximum atomic E-state index is 6.45. The molecule has 0 aliphatic rings. The summed E-state index contributed by atoms with van der Waals surface area (Å²) in [6, 6.07) is 5.52. The lowest BCUT2D eigenvalue weighted by Gasteiger charge is -2.09. The SMILES string of the molecule is C=Cc1nc(Sc2cccc(-c3ncco3)c2Cl)c(N)nc1Cl. The molecule has 0 spiro atoms. The van der Waals surface area contributed by atoms with Crippen molar-refractivity contribution in [3.8, 4) is 11.5 Å². The molecule has 0 bridgehead atoms. The second-order valence-electron chi connectivity index (χ2n) is 4.35. The Kier molecular flexibility index (Phi) is 4.56. The monoisotopic (exact) mass is 364 g/mol. The van der Waals surface area contributed by atoms with Crippen molar-refractivity contribution in [3.05, 3.63) is 53.1 Å². The number of nitrogens with two attached hydrogens (primary N) is 1. The van der Waals surface area contributed by atoms with Gasteiger partial charge in [0.1, 0.15) is 17.0 Å². The molecule has 1 aromatic carbocycles. The van der Waals surface area contributed by atoms with Crippen molar-refractivity contribution >= 4 is 46.9 Å². The second kappa shape index (κ2) is 6.62. The average molecular weight is 365 g/mol. The van der Waals surface area contributed by atoms with E-state index in [-0.39, 0.29) is 11.0 Å². The predicted octanol–water partition coefficient (Wildman–Crippen LogP) is 4.81. The zero-order chi connectivity index (χ0) is 16.4. The molecule has 3 aromatic rings. The van der Waals surface area contributed by atoms with Gasteiger partial charge in [-0.05, 0) is 18.2 Å². The molecule has 0 radical (unpaired) electrons. The van der Waals surface area contributed by atoms with E-state index >= 15 is 0 Å². The third-order valence-corrected chi connectivity index (χ3v) is 4.75. The summed E-state index contributed by atoms with van der Waals surface area (Å²) in [5.41, 5.74) is 7.04. The highest BCUT2D eigenvalue weighted by atomic mass is 35.5. The zero-order valence-electron chi connectivity index (χ0n) is 11.7. The van der Waals surface area contributed by atoms with E-state index in [2.05, 4.69) is 21.5 Å². The maximum Gasteiger partial charge on any atom is 0.227 e. The van der Waals surface area contributed by atoms with Crippen molar-refractivity contribution < 1.29 is 4.42 Å². The quantitative estimate of drug-likeness (QED) is 0.715. The Bertz CT molecular complexity index is 868. The number of benzene rings is 1. The summed E-state index contributed by atoms with van der Waals surface area (Å²) >= 11 is 13.7. The fourth-order valence-electron chi connectivity index (χ4n) is 1.84. The number of hydrogen-bond donors (Lipinski definition) is 1. The van der Waals surface area contributed by atoms with E-state index in [4.69, 9.17) is 33.4 Å². The third kappa shape index (κ3) is 3.19. The minimum absolute atomic E-state index is 0.210. The number of nitrogen functional groups attached to an aromatic ring is 1. The highest BCUT2D eigenvalue weighted by Crippen LogP contribution is 2.39. The molecule has 2 N–H and O–H groups in total. The van der Waals surface area contributed by atoms with Gasteiger partial charge in [-0.15, -0.1) is 0 Å². The lowest BCUT2D eigenvalue weighted by molar-refractivity contribution is 0.574. The van der Waals surface area contributed by atoms with E-state index in [1.165, 1.54) is 24.1 Å². The van der Waals surface area contributed by atoms with Gasteiger partial charge in [0, 0.05) is 4.90 Å². The molecule has 116 valence electrons. The van der Waals surface area contributed by atoms with E-state index in [9.17, 15) is 0 Å². The largest absolute Gasteiger partial charge is 0.444 e. The van der Waals surface area contributed by atoms with E-state index in [1.54, 1.807) is 6.20 Å². The van der Waals surface area contributed by atoms with Crippen molar-refractivity contribution in [1.29, 1.82) is 0 Å². The van der Waals surface area contributed by atoms with Crippen molar-refractivity contribution in [2.75, 3.05) is 5.73 Å². The minimum atomic E-state index is 0.210. The first kappa shape index (κ1) is 15.9. The van der Waals surface area contributed by atoms with Crippen LogP contribution in [-0.2, 0) is 0 Å². The van der Waals surface area contributed by atoms with Crippen LogP contribution in [0.25, 0.3) is 17.5 Å². The van der Waals surface area contributed by atoms with Crippen LogP contribution in [-0.4, -0.2) is 15.0 Å². The van der Waals surface area contributed by atoms with Crippen LogP contribution < -0.4 is 5.73 Å². The van der Waals surface area contributed by atoms with Gasteiger partial charge >= 0.3 is 0 Å². The average Bonchev–Trinajstić information content (AvgIpc) is 3.06. The topological polar surface area (TPSA) is 77.8 Å². The number of anilines is 1. The van der Waals surface area contributed by atoms with E-state index in [1.807, 2.05) is 18.2 Å². The van der Waals surface area contributed by atoms with E-state index in [0.717, 1.165) is 4.90 Å². The van der Waals surface area contributed by atoms with Crippen LogP contribution >= 0.6 is 35.0 Å². The molecule has 0 unspecified atom stereocenters. The van der Waals surface area contributed by atoms with Crippen LogP contribution in [0.4, 0.5) is 5.82 Å². The lowest BCUT2D eigenvalue weighted by Crippen LogP contribution is -1.99. The zero-order valence-corrected chi connectivity index (χ0v) is 14.0. The Morgan fingerprint density at radius 1 is 1.26 bits per heavy atom. The van der Waals surface area contributed by atoms with Gasteiger partial charge in [0.25, 0.3) is 0 Å². The van der Waals surface area contributed by atoms with Gasteiger partial charge in [-0.2, -0.15) is 0 Å². The Balaban J connectivity index is 2.01. The number of rotatable bonds is 4. The summed E-state index contributed by atoms with van der Waals surface area (Å²) < 4.78 is 5.29. The number of halogens is 2. The van der Waals surface area contributed by atoms with Gasteiger partial charge in [0.15, 0.2) is 11.0 Å². The van der Waals surface area contributed by atoms with Gasteiger partial charge in [-0.25, -0.2) is 15.0 Å². The van der Waals surface area contributed by atoms with Crippen LogP contribution in [0, 0.1) is 0 Å². The molecule has 2 heterocycles. The molecule has 0 amide bonds. The normalized spacial score (nSPS) is 10.7. The number of nitrogens with zero attached hydrogens (tertiary/aromatic N) is 3. The lowest BCUT2D eigenvalue weighted by atomic mass is 10.2. The van der Waals surface area contributed by atoms with Gasteiger partial charge in [-0.1, -0.05) is 47.6 Å². The highest BCUT2D eigenvalue weighted by Gasteiger charge is 2.15. The van der Waals surface area contributed by atoms with Gasteiger partial charge in [0.2, 0.25) is 5.89 Å². The van der Waals surface area contributed by atoms with E-state index < -0.39 is 0 Å². The summed E-state index contributed by atoms with van der Waals surface area (Å²) in [7, 11) is 0. The fraction of sp³-hybridized carbons (Fsp3) is 0. The first-order valence-electron chi connectivity index (χ1n) is 6.42. The fourth-order valence-corrected chi connectivity index (χ4v) is 3.23. The third-order valence-electron chi connectivity index (χ3n) is 2.90. The maximum absolute atomic E-state index is 6.45. The first-order valence-corrected chi connectivity index (χ1v) is 7.99. The van der Waals surface area contributed by atoms with Crippen molar-refractivity contribution in [1.82, 2.24) is 15.0 Å². The van der Waals surface area contributed by atoms with Crippen LogP contribution in [0.5, 0.6) is 0 Å². The van der Waals surface area contributed by atoms with Gasteiger partial charge in [0.05, 0.1) is 16.8 Å². The smallest absolute Gasteiger partial charge is 0.227 e. The molecule has 0 saturated carbocycles. The van der Waals surface area contributed by atoms with Gasteiger partial charge < -0.3 is 10.2 Å². The summed E-state index contributed by atoms with van der Waals surface area (Å²) in [6.45, 7) is 3.65. The van der Waals surface area contributed by atoms with Crippen molar-refractivity contribution in [2.24, 2.45) is 0 Å². The minimum Gasteiger partial charge on any atom is -0.444 e. The molecule has 23 heavy (non-hydrogen) atoms. The molecular weight excluding hydrogens is 355 g/mol. The highest BCUT2D eigenvalue weighted by molar-refractivity contribution is 7.99. The Hall–Kier alpha value is -2.02. The number of aromatic nitrogens is 3. The summed E-state index contributed by atoms with van der Waals surface area (Å²) in [5.74, 6) is 0.669. The molecule has 3 rings (SSSR count). The molecule has 0 aliphatic heterocycles. The number of hydrogen-bond acceptors (Lipinski definition) is 6. The standard InChI is InChI=1S/C15H10Cl2N4OS/c1-2-9-12(17)21-13(18)15(20-9)23-10-5-3-4-8(11(10)16)14-19-6-7-22-14/h2-7H,1H2,(H2,18,21). The molecule has 5 nitrogen and oxygen atoms in total. The molecule has 0 aliphatic carbocycles. The summed E-state index contributed by atoms with van der Waals surface area (Å²) in [5, 5.41) is 1.20. The van der Waals surface area contributed by atoms with Crippen molar-refractivity contribution in [3.63, 3.8) is 0 Å². The molecule has 8 heteroatoms.